The highest BCUT2D eigenvalue weighted by molar-refractivity contribution is 6.05. The fourth-order valence-corrected chi connectivity index (χ4v) is 2.49. The number of hydrogen-bond donors (Lipinski definition) is 1. The molecule has 3 aromatic rings. The van der Waals surface area contributed by atoms with Gasteiger partial charge in [-0.3, -0.25) is 14.9 Å². The van der Waals surface area contributed by atoms with Gasteiger partial charge in [0.15, 0.2) is 0 Å². The maximum absolute atomic E-state index is 12.6. The Hall–Kier alpha value is -4.15. The molecule has 0 spiro atoms. The average molecular weight is 433 g/mol. The van der Waals surface area contributed by atoms with E-state index in [2.05, 4.69) is 10.3 Å². The van der Waals surface area contributed by atoms with Crippen molar-refractivity contribution >= 4 is 17.3 Å². The summed E-state index contributed by atoms with van der Waals surface area (Å²) in [5.74, 6) is -0.158. The molecule has 2 aromatic carbocycles. The SMILES string of the molecule is COc1ccc(NC(=O)c2ccc(Oc3ccc(C(F)(F)F)cn3)cc2)c([N+](=O)[O-])c1. The normalized spacial score (nSPS) is 11.0. The van der Waals surface area contributed by atoms with Crippen molar-refractivity contribution in [3.05, 3.63) is 82.0 Å². The van der Waals surface area contributed by atoms with Gasteiger partial charge in [0.1, 0.15) is 17.2 Å². The summed E-state index contributed by atoms with van der Waals surface area (Å²) < 4.78 is 48.0. The second kappa shape index (κ2) is 8.69. The Morgan fingerprint density at radius 2 is 1.74 bits per heavy atom. The standard InChI is InChI=1S/C20H14F3N3O5/c1-30-15-7-8-16(17(10-15)26(28)29)25-19(27)12-2-5-14(6-3-12)31-18-9-4-13(11-24-18)20(21,22)23/h2-11H,1H3,(H,25,27). The lowest BCUT2D eigenvalue weighted by atomic mass is 10.2. The first-order chi connectivity index (χ1) is 14.7. The molecule has 31 heavy (non-hydrogen) atoms. The van der Waals surface area contributed by atoms with Crippen LogP contribution in [0.4, 0.5) is 24.5 Å². The smallest absolute Gasteiger partial charge is 0.417 e. The molecule has 0 aliphatic rings. The molecule has 1 amide bonds. The number of anilines is 1. The predicted molar refractivity (Wildman–Crippen MR) is 103 cm³/mol. The lowest BCUT2D eigenvalue weighted by molar-refractivity contribution is -0.384. The molecular weight excluding hydrogens is 419 g/mol. The van der Waals surface area contributed by atoms with Gasteiger partial charge >= 0.3 is 6.18 Å². The van der Waals surface area contributed by atoms with E-state index in [9.17, 15) is 28.1 Å². The minimum Gasteiger partial charge on any atom is -0.496 e. The van der Waals surface area contributed by atoms with Gasteiger partial charge in [-0.15, -0.1) is 0 Å². The largest absolute Gasteiger partial charge is 0.496 e. The highest BCUT2D eigenvalue weighted by Crippen LogP contribution is 2.31. The third-order valence-corrected chi connectivity index (χ3v) is 4.05. The number of nitro benzene ring substituents is 1. The zero-order valence-corrected chi connectivity index (χ0v) is 15.8. The van der Waals surface area contributed by atoms with Gasteiger partial charge in [0, 0.05) is 17.8 Å². The van der Waals surface area contributed by atoms with Crippen LogP contribution < -0.4 is 14.8 Å². The molecule has 3 rings (SSSR count). The van der Waals surface area contributed by atoms with Crippen molar-refractivity contribution in [1.29, 1.82) is 0 Å². The number of ether oxygens (including phenoxy) is 2. The van der Waals surface area contributed by atoms with Crippen molar-refractivity contribution in [3.8, 4) is 17.4 Å². The molecule has 0 saturated carbocycles. The maximum atomic E-state index is 12.6. The van der Waals surface area contributed by atoms with Crippen molar-refractivity contribution in [2.24, 2.45) is 0 Å². The fraction of sp³-hybridized carbons (Fsp3) is 0.100. The number of nitro groups is 1. The van der Waals surface area contributed by atoms with E-state index in [1.165, 1.54) is 49.6 Å². The third-order valence-electron chi connectivity index (χ3n) is 4.05. The van der Waals surface area contributed by atoms with Crippen LogP contribution in [0.15, 0.2) is 60.8 Å². The van der Waals surface area contributed by atoms with Gasteiger partial charge in [-0.05, 0) is 42.5 Å². The number of carbonyl (C=O) groups is 1. The summed E-state index contributed by atoms with van der Waals surface area (Å²) in [6.07, 6.45) is -3.85. The van der Waals surface area contributed by atoms with Crippen LogP contribution in [-0.2, 0) is 6.18 Å². The van der Waals surface area contributed by atoms with Crippen molar-refractivity contribution in [3.63, 3.8) is 0 Å². The number of nitrogens with zero attached hydrogens (tertiary/aromatic N) is 2. The molecule has 0 aliphatic carbocycles. The molecule has 1 heterocycles. The number of aromatic nitrogens is 1. The quantitative estimate of drug-likeness (QED) is 0.430. The topological polar surface area (TPSA) is 104 Å². The highest BCUT2D eigenvalue weighted by Gasteiger charge is 2.30. The Bertz CT molecular complexity index is 1100. The molecule has 0 bridgehead atoms. The minimum absolute atomic E-state index is 0.00918. The predicted octanol–water partition coefficient (Wildman–Crippen LogP) is 5.06. The van der Waals surface area contributed by atoms with E-state index in [0.29, 0.717) is 6.20 Å². The van der Waals surface area contributed by atoms with E-state index >= 15 is 0 Å². The Balaban J connectivity index is 1.70. The number of alkyl halides is 3. The number of methoxy groups -OCH3 is 1. The highest BCUT2D eigenvalue weighted by atomic mass is 19.4. The third kappa shape index (κ3) is 5.26. The first kappa shape index (κ1) is 21.6. The van der Waals surface area contributed by atoms with Crippen LogP contribution in [-0.4, -0.2) is 22.9 Å². The van der Waals surface area contributed by atoms with E-state index in [4.69, 9.17) is 9.47 Å². The molecule has 0 saturated heterocycles. The summed E-state index contributed by atoms with van der Waals surface area (Å²) in [6.45, 7) is 0. The molecular formula is C20H14F3N3O5. The minimum atomic E-state index is -4.50. The van der Waals surface area contributed by atoms with Crippen LogP contribution in [0.25, 0.3) is 0 Å². The molecule has 0 fully saturated rings. The maximum Gasteiger partial charge on any atom is 0.417 e. The van der Waals surface area contributed by atoms with Gasteiger partial charge in [0.25, 0.3) is 11.6 Å². The summed E-state index contributed by atoms with van der Waals surface area (Å²) >= 11 is 0. The zero-order valence-electron chi connectivity index (χ0n) is 15.8. The molecule has 0 unspecified atom stereocenters. The molecule has 160 valence electrons. The second-order valence-electron chi connectivity index (χ2n) is 6.10. The Morgan fingerprint density at radius 1 is 1.06 bits per heavy atom. The average Bonchev–Trinajstić information content (AvgIpc) is 2.74. The number of nitrogens with one attached hydrogen (secondary N) is 1. The van der Waals surface area contributed by atoms with Crippen molar-refractivity contribution < 1.29 is 32.4 Å². The first-order valence-electron chi connectivity index (χ1n) is 8.62. The molecule has 0 atom stereocenters. The van der Waals surface area contributed by atoms with Crippen LogP contribution >= 0.6 is 0 Å². The Labute approximate surface area is 173 Å². The van der Waals surface area contributed by atoms with E-state index in [0.717, 1.165) is 12.1 Å². The van der Waals surface area contributed by atoms with Gasteiger partial charge in [0.2, 0.25) is 5.88 Å². The van der Waals surface area contributed by atoms with Gasteiger partial charge in [0.05, 0.1) is 23.7 Å². The van der Waals surface area contributed by atoms with Crippen LogP contribution in [0.2, 0.25) is 0 Å². The lowest BCUT2D eigenvalue weighted by Crippen LogP contribution is -2.13. The number of rotatable bonds is 6. The lowest BCUT2D eigenvalue weighted by Gasteiger charge is -2.09. The van der Waals surface area contributed by atoms with E-state index in [1.807, 2.05) is 0 Å². The molecule has 8 nitrogen and oxygen atoms in total. The number of hydrogen-bond acceptors (Lipinski definition) is 6. The molecule has 1 N–H and O–H groups in total. The zero-order chi connectivity index (χ0) is 22.6. The Kier molecular flexibility index (Phi) is 6.05. The van der Waals surface area contributed by atoms with Gasteiger partial charge in [-0.2, -0.15) is 13.2 Å². The van der Waals surface area contributed by atoms with Gasteiger partial charge in [-0.25, -0.2) is 4.98 Å². The number of benzene rings is 2. The summed E-state index contributed by atoms with van der Waals surface area (Å²) in [5.41, 5.74) is -1.07. The van der Waals surface area contributed by atoms with Crippen molar-refractivity contribution in [2.75, 3.05) is 12.4 Å². The van der Waals surface area contributed by atoms with Crippen molar-refractivity contribution in [1.82, 2.24) is 4.98 Å². The molecule has 1 aromatic heterocycles. The van der Waals surface area contributed by atoms with E-state index < -0.39 is 22.6 Å². The van der Waals surface area contributed by atoms with Gasteiger partial charge < -0.3 is 14.8 Å². The van der Waals surface area contributed by atoms with Gasteiger partial charge in [-0.1, -0.05) is 0 Å². The van der Waals surface area contributed by atoms with Crippen molar-refractivity contribution in [2.45, 2.75) is 6.18 Å². The summed E-state index contributed by atoms with van der Waals surface area (Å²) in [6, 6.07) is 11.5. The Morgan fingerprint density at radius 3 is 2.29 bits per heavy atom. The summed E-state index contributed by atoms with van der Waals surface area (Å²) in [4.78, 5) is 26.6. The second-order valence-corrected chi connectivity index (χ2v) is 6.10. The van der Waals surface area contributed by atoms with E-state index in [1.54, 1.807) is 0 Å². The number of carbonyl (C=O) groups excluding carboxylic acids is 1. The first-order valence-corrected chi connectivity index (χ1v) is 8.62. The summed E-state index contributed by atoms with van der Waals surface area (Å²) in [5, 5.41) is 13.7. The van der Waals surface area contributed by atoms with E-state index in [-0.39, 0.29) is 34.3 Å². The molecule has 0 aliphatic heterocycles. The van der Waals surface area contributed by atoms with Crippen LogP contribution in [0.1, 0.15) is 15.9 Å². The number of amides is 1. The molecule has 0 radical (unpaired) electrons. The van der Waals surface area contributed by atoms with Crippen LogP contribution in [0.5, 0.6) is 17.4 Å². The number of halogens is 3. The van der Waals surface area contributed by atoms with Crippen LogP contribution in [0.3, 0.4) is 0 Å². The fourth-order valence-electron chi connectivity index (χ4n) is 2.49. The summed E-state index contributed by atoms with van der Waals surface area (Å²) in [7, 11) is 1.36. The van der Waals surface area contributed by atoms with Crippen LogP contribution in [0, 0.1) is 10.1 Å². The molecule has 11 heteroatoms. The monoisotopic (exact) mass is 433 g/mol. The number of pyridine rings is 1.